The summed E-state index contributed by atoms with van der Waals surface area (Å²) >= 11 is 3.58. The minimum Gasteiger partial charge on any atom is -0.504 e. The summed E-state index contributed by atoms with van der Waals surface area (Å²) in [6, 6.07) is 13.2. The molecule has 2 aromatic carbocycles. The van der Waals surface area contributed by atoms with Crippen molar-refractivity contribution in [2.45, 2.75) is 26.4 Å². The van der Waals surface area contributed by atoms with Crippen molar-refractivity contribution in [1.82, 2.24) is 0 Å². The Balaban J connectivity index is 2.08. The van der Waals surface area contributed by atoms with E-state index < -0.39 is 0 Å². The minimum absolute atomic E-state index is 0.167. The van der Waals surface area contributed by atoms with Crippen LogP contribution in [0.1, 0.15) is 30.9 Å². The number of benzene rings is 2. The molecule has 0 saturated heterocycles. The summed E-state index contributed by atoms with van der Waals surface area (Å²) < 4.78 is 6.71. The number of hydrogen-bond acceptors (Lipinski definition) is 2. The summed E-state index contributed by atoms with van der Waals surface area (Å²) in [5, 5.41) is 9.63. The van der Waals surface area contributed by atoms with Crippen LogP contribution >= 0.6 is 15.9 Å². The lowest BCUT2D eigenvalue weighted by molar-refractivity contribution is 0.289. The Kier molecular flexibility index (Phi) is 4.48. The lowest BCUT2D eigenvalue weighted by atomic mass is 10.0. The van der Waals surface area contributed by atoms with E-state index in [0.29, 0.717) is 18.3 Å². The zero-order valence-electron chi connectivity index (χ0n) is 11.1. The van der Waals surface area contributed by atoms with Crippen molar-refractivity contribution in [2.75, 3.05) is 0 Å². The van der Waals surface area contributed by atoms with Crippen molar-refractivity contribution < 1.29 is 9.84 Å². The second-order valence-electron chi connectivity index (χ2n) is 4.77. The molecule has 19 heavy (non-hydrogen) atoms. The van der Waals surface area contributed by atoms with Crippen molar-refractivity contribution in [3.63, 3.8) is 0 Å². The van der Waals surface area contributed by atoms with E-state index in [1.807, 2.05) is 6.07 Å². The zero-order chi connectivity index (χ0) is 13.8. The van der Waals surface area contributed by atoms with Gasteiger partial charge in [-0.3, -0.25) is 0 Å². The normalized spacial score (nSPS) is 10.7. The number of para-hydroxylation sites is 2. The fourth-order valence-electron chi connectivity index (χ4n) is 1.87. The van der Waals surface area contributed by atoms with E-state index in [1.54, 1.807) is 18.2 Å². The number of ether oxygens (including phenoxy) is 1. The van der Waals surface area contributed by atoms with E-state index in [9.17, 15) is 5.11 Å². The van der Waals surface area contributed by atoms with Gasteiger partial charge >= 0.3 is 0 Å². The van der Waals surface area contributed by atoms with Crippen LogP contribution in [-0.4, -0.2) is 5.11 Å². The average Bonchev–Trinajstić information content (AvgIpc) is 2.37. The second-order valence-corrected chi connectivity index (χ2v) is 5.62. The highest BCUT2D eigenvalue weighted by atomic mass is 79.9. The van der Waals surface area contributed by atoms with Crippen LogP contribution in [0, 0.1) is 0 Å². The van der Waals surface area contributed by atoms with Crippen molar-refractivity contribution in [3.05, 3.63) is 58.1 Å². The average molecular weight is 321 g/mol. The Hall–Kier alpha value is -1.48. The van der Waals surface area contributed by atoms with Crippen LogP contribution in [-0.2, 0) is 6.61 Å². The van der Waals surface area contributed by atoms with Crippen LogP contribution < -0.4 is 4.74 Å². The number of aromatic hydroxyl groups is 1. The summed E-state index contributed by atoms with van der Waals surface area (Å²) in [5.41, 5.74) is 2.35. The van der Waals surface area contributed by atoms with Crippen LogP contribution in [0.4, 0.5) is 0 Å². The molecule has 100 valence electrons. The molecule has 0 unspecified atom stereocenters. The molecule has 0 aliphatic carbocycles. The predicted octanol–water partition coefficient (Wildman–Crippen LogP) is 4.86. The standard InChI is InChI=1S/C16H17BrO2/c1-11(2)13-8-7-12(9-14(13)17)10-19-16-6-4-3-5-15(16)18/h3-9,11,18H,10H2,1-2H3. The monoisotopic (exact) mass is 320 g/mol. The van der Waals surface area contributed by atoms with Gasteiger partial charge in [0.2, 0.25) is 0 Å². The van der Waals surface area contributed by atoms with E-state index in [1.165, 1.54) is 5.56 Å². The van der Waals surface area contributed by atoms with Gasteiger partial charge in [0.1, 0.15) is 6.61 Å². The lowest BCUT2D eigenvalue weighted by Gasteiger charge is -2.11. The molecule has 1 N–H and O–H groups in total. The van der Waals surface area contributed by atoms with E-state index in [2.05, 4.69) is 48.0 Å². The SMILES string of the molecule is CC(C)c1ccc(COc2ccccc2O)cc1Br. The van der Waals surface area contributed by atoms with E-state index >= 15 is 0 Å². The Labute approximate surface area is 122 Å². The molecule has 2 nitrogen and oxygen atoms in total. The first kappa shape index (κ1) is 13.9. The number of phenols is 1. The quantitative estimate of drug-likeness (QED) is 0.871. The van der Waals surface area contributed by atoms with Crippen molar-refractivity contribution in [2.24, 2.45) is 0 Å². The molecule has 0 spiro atoms. The van der Waals surface area contributed by atoms with Crippen LogP contribution in [0.5, 0.6) is 11.5 Å². The molecule has 0 bridgehead atoms. The number of phenolic OH excluding ortho intramolecular Hbond substituents is 1. The molecule has 0 amide bonds. The summed E-state index contributed by atoms with van der Waals surface area (Å²) in [4.78, 5) is 0. The molecular weight excluding hydrogens is 304 g/mol. The van der Waals surface area contributed by atoms with Gasteiger partial charge in [0.05, 0.1) is 0 Å². The molecule has 3 heteroatoms. The van der Waals surface area contributed by atoms with Crippen molar-refractivity contribution in [1.29, 1.82) is 0 Å². The molecule has 0 fully saturated rings. The van der Waals surface area contributed by atoms with Crippen molar-refractivity contribution in [3.8, 4) is 11.5 Å². The molecule has 0 heterocycles. The van der Waals surface area contributed by atoms with Crippen LogP contribution in [0.15, 0.2) is 46.9 Å². The highest BCUT2D eigenvalue weighted by molar-refractivity contribution is 9.10. The van der Waals surface area contributed by atoms with E-state index in [0.717, 1.165) is 10.0 Å². The maximum atomic E-state index is 9.63. The maximum absolute atomic E-state index is 9.63. The van der Waals surface area contributed by atoms with E-state index in [-0.39, 0.29) is 5.75 Å². The maximum Gasteiger partial charge on any atom is 0.161 e. The molecular formula is C16H17BrO2. The third-order valence-electron chi connectivity index (χ3n) is 2.95. The van der Waals surface area contributed by atoms with Gasteiger partial charge < -0.3 is 9.84 Å². The summed E-state index contributed by atoms with van der Waals surface area (Å²) in [5.74, 6) is 1.16. The molecule has 0 saturated carbocycles. The smallest absolute Gasteiger partial charge is 0.161 e. The van der Waals surface area contributed by atoms with Crippen molar-refractivity contribution >= 4 is 15.9 Å². The first-order valence-electron chi connectivity index (χ1n) is 6.27. The summed E-state index contributed by atoms with van der Waals surface area (Å²) in [6.45, 7) is 4.77. The Morgan fingerprint density at radius 2 is 1.89 bits per heavy atom. The number of halogens is 1. The largest absolute Gasteiger partial charge is 0.504 e. The molecule has 0 atom stereocenters. The molecule has 0 aliphatic rings. The Morgan fingerprint density at radius 1 is 1.16 bits per heavy atom. The van der Waals surface area contributed by atoms with Gasteiger partial charge in [-0.1, -0.05) is 54.0 Å². The molecule has 2 rings (SSSR count). The predicted molar refractivity (Wildman–Crippen MR) is 80.7 cm³/mol. The second kappa shape index (κ2) is 6.11. The zero-order valence-corrected chi connectivity index (χ0v) is 12.6. The van der Waals surface area contributed by atoms with Crippen LogP contribution in [0.3, 0.4) is 0 Å². The van der Waals surface area contributed by atoms with Gasteiger partial charge in [-0.15, -0.1) is 0 Å². The van der Waals surface area contributed by atoms with Gasteiger partial charge in [0.25, 0.3) is 0 Å². The van der Waals surface area contributed by atoms with Gasteiger partial charge in [-0.05, 0) is 35.2 Å². The molecule has 2 aromatic rings. The summed E-state index contributed by atoms with van der Waals surface area (Å²) in [6.07, 6.45) is 0. The van der Waals surface area contributed by atoms with Crippen LogP contribution in [0.2, 0.25) is 0 Å². The number of rotatable bonds is 4. The molecule has 0 aromatic heterocycles. The van der Waals surface area contributed by atoms with Gasteiger partial charge in [0, 0.05) is 4.47 Å². The first-order valence-corrected chi connectivity index (χ1v) is 7.06. The van der Waals surface area contributed by atoms with Crippen LogP contribution in [0.25, 0.3) is 0 Å². The molecule has 0 aliphatic heterocycles. The van der Waals surface area contributed by atoms with Gasteiger partial charge in [-0.25, -0.2) is 0 Å². The third kappa shape index (κ3) is 3.51. The fourth-order valence-corrected chi connectivity index (χ4v) is 2.75. The topological polar surface area (TPSA) is 29.5 Å². The highest BCUT2D eigenvalue weighted by Gasteiger charge is 2.06. The highest BCUT2D eigenvalue weighted by Crippen LogP contribution is 2.28. The third-order valence-corrected chi connectivity index (χ3v) is 3.63. The Bertz CT molecular complexity index is 564. The van der Waals surface area contributed by atoms with Gasteiger partial charge in [0.15, 0.2) is 11.5 Å². The number of hydrogen-bond donors (Lipinski definition) is 1. The van der Waals surface area contributed by atoms with E-state index in [4.69, 9.17) is 4.74 Å². The molecule has 0 radical (unpaired) electrons. The minimum atomic E-state index is 0.167. The van der Waals surface area contributed by atoms with Gasteiger partial charge in [-0.2, -0.15) is 0 Å². The Morgan fingerprint density at radius 3 is 2.53 bits per heavy atom. The first-order chi connectivity index (χ1) is 9.08. The summed E-state index contributed by atoms with van der Waals surface area (Å²) in [7, 11) is 0. The fraction of sp³-hybridized carbons (Fsp3) is 0.250. The lowest BCUT2D eigenvalue weighted by Crippen LogP contribution is -1.97.